The summed E-state index contributed by atoms with van der Waals surface area (Å²) in [4.78, 5) is 27.0. The van der Waals surface area contributed by atoms with Gasteiger partial charge in [-0.1, -0.05) is 32.9 Å². The Bertz CT molecular complexity index is 863. The van der Waals surface area contributed by atoms with Crippen molar-refractivity contribution < 1.29 is 9.21 Å². The molecule has 2 bridgehead atoms. The molecule has 1 saturated heterocycles. The number of likely N-dealkylation sites (tertiary alicyclic amines) is 1. The summed E-state index contributed by atoms with van der Waals surface area (Å²) in [5.41, 5.74) is 1.69. The number of para-hydroxylation sites is 2. The molecule has 0 N–H and O–H groups in total. The Morgan fingerprint density at radius 1 is 1.25 bits per heavy atom. The Morgan fingerprint density at radius 2 is 2.00 bits per heavy atom. The second kappa shape index (κ2) is 4.98. The number of hydrogen-bond donors (Lipinski definition) is 0. The van der Waals surface area contributed by atoms with E-state index in [0.717, 1.165) is 25.8 Å². The number of carbonyl (C=O) groups excluding carboxylic acids is 1. The zero-order valence-electron chi connectivity index (χ0n) is 14.5. The molecular formula is C19H24N2O3. The van der Waals surface area contributed by atoms with E-state index < -0.39 is 5.76 Å². The molecule has 1 saturated carbocycles. The van der Waals surface area contributed by atoms with Gasteiger partial charge in [0.15, 0.2) is 5.58 Å². The predicted molar refractivity (Wildman–Crippen MR) is 91.7 cm³/mol. The fraction of sp³-hybridized carbons (Fsp3) is 0.579. The van der Waals surface area contributed by atoms with E-state index in [1.54, 1.807) is 6.07 Å². The van der Waals surface area contributed by atoms with Gasteiger partial charge in [0.05, 0.1) is 5.52 Å². The summed E-state index contributed by atoms with van der Waals surface area (Å²) >= 11 is 0. The van der Waals surface area contributed by atoms with Crippen LogP contribution in [0.1, 0.15) is 40.0 Å². The van der Waals surface area contributed by atoms with Crippen LogP contribution in [0.25, 0.3) is 11.1 Å². The van der Waals surface area contributed by atoms with Crippen LogP contribution < -0.4 is 5.76 Å². The molecule has 0 spiro atoms. The van der Waals surface area contributed by atoms with Crippen molar-refractivity contribution in [2.75, 3.05) is 6.54 Å². The first-order valence-corrected chi connectivity index (χ1v) is 8.64. The highest BCUT2D eigenvalue weighted by Crippen LogP contribution is 2.52. The topological polar surface area (TPSA) is 55.5 Å². The summed E-state index contributed by atoms with van der Waals surface area (Å²) < 4.78 is 6.69. The average Bonchev–Trinajstić information content (AvgIpc) is 2.92. The highest BCUT2D eigenvalue weighted by Gasteiger charge is 2.50. The quantitative estimate of drug-likeness (QED) is 0.851. The summed E-state index contributed by atoms with van der Waals surface area (Å²) in [7, 11) is 0. The number of benzene rings is 1. The number of amides is 1. The largest absolute Gasteiger partial charge is 0.420 e. The van der Waals surface area contributed by atoms with E-state index in [-0.39, 0.29) is 23.3 Å². The van der Waals surface area contributed by atoms with Crippen molar-refractivity contribution >= 4 is 17.0 Å². The fourth-order valence-electron chi connectivity index (χ4n) is 5.14. The molecule has 24 heavy (non-hydrogen) atoms. The van der Waals surface area contributed by atoms with Crippen LogP contribution in [0.5, 0.6) is 0 Å². The second-order valence-corrected chi connectivity index (χ2v) is 8.66. The summed E-state index contributed by atoms with van der Waals surface area (Å²) in [6.07, 6.45) is 3.26. The van der Waals surface area contributed by atoms with Crippen LogP contribution in [0, 0.1) is 10.8 Å². The molecule has 2 aromatic rings. The molecule has 2 fully saturated rings. The van der Waals surface area contributed by atoms with Gasteiger partial charge in [-0.25, -0.2) is 4.79 Å². The summed E-state index contributed by atoms with van der Waals surface area (Å²) in [6.45, 7) is 7.72. The highest BCUT2D eigenvalue weighted by atomic mass is 16.4. The number of hydrogen-bond acceptors (Lipinski definition) is 3. The van der Waals surface area contributed by atoms with Gasteiger partial charge in [0.25, 0.3) is 0 Å². The number of oxazole rings is 1. The molecule has 5 heteroatoms. The lowest BCUT2D eigenvalue weighted by Gasteiger charge is -2.39. The third-order valence-electron chi connectivity index (χ3n) is 5.60. The lowest BCUT2D eigenvalue weighted by Crippen LogP contribution is -2.40. The van der Waals surface area contributed by atoms with Crippen molar-refractivity contribution in [1.29, 1.82) is 0 Å². The minimum atomic E-state index is -0.460. The molecule has 2 atom stereocenters. The summed E-state index contributed by atoms with van der Waals surface area (Å²) in [6, 6.07) is 7.54. The van der Waals surface area contributed by atoms with Gasteiger partial charge in [0.1, 0.15) is 6.54 Å². The van der Waals surface area contributed by atoms with E-state index in [0.29, 0.717) is 17.1 Å². The molecule has 2 heterocycles. The zero-order valence-corrected chi connectivity index (χ0v) is 14.5. The molecule has 0 radical (unpaired) electrons. The maximum absolute atomic E-state index is 12.9. The summed E-state index contributed by atoms with van der Waals surface area (Å²) in [5.74, 6) is -0.437. The molecule has 1 aliphatic carbocycles. The van der Waals surface area contributed by atoms with Gasteiger partial charge in [-0.2, -0.15) is 0 Å². The first kappa shape index (κ1) is 15.5. The van der Waals surface area contributed by atoms with Crippen molar-refractivity contribution in [3.05, 3.63) is 34.8 Å². The first-order chi connectivity index (χ1) is 11.3. The van der Waals surface area contributed by atoms with Crippen LogP contribution in [0.15, 0.2) is 33.5 Å². The molecular weight excluding hydrogens is 304 g/mol. The maximum atomic E-state index is 12.9. The van der Waals surface area contributed by atoms with Gasteiger partial charge in [-0.3, -0.25) is 9.36 Å². The normalized spacial score (nSPS) is 28.5. The van der Waals surface area contributed by atoms with Crippen LogP contribution >= 0.6 is 0 Å². The average molecular weight is 328 g/mol. The molecule has 1 aliphatic heterocycles. The minimum Gasteiger partial charge on any atom is -0.408 e. The Labute approximate surface area is 141 Å². The Balaban J connectivity index is 1.61. The maximum Gasteiger partial charge on any atom is 0.420 e. The van der Waals surface area contributed by atoms with Crippen LogP contribution in [-0.2, 0) is 11.3 Å². The van der Waals surface area contributed by atoms with Gasteiger partial charge in [0, 0.05) is 12.6 Å². The Hall–Kier alpha value is -2.04. The van der Waals surface area contributed by atoms with E-state index in [2.05, 4.69) is 20.8 Å². The zero-order chi connectivity index (χ0) is 17.1. The second-order valence-electron chi connectivity index (χ2n) is 8.66. The van der Waals surface area contributed by atoms with Crippen molar-refractivity contribution in [2.24, 2.45) is 10.8 Å². The smallest absolute Gasteiger partial charge is 0.408 e. The molecule has 128 valence electrons. The van der Waals surface area contributed by atoms with Crippen molar-refractivity contribution in [3.8, 4) is 0 Å². The van der Waals surface area contributed by atoms with Gasteiger partial charge in [-0.05, 0) is 42.2 Å². The van der Waals surface area contributed by atoms with E-state index in [1.807, 2.05) is 23.1 Å². The first-order valence-electron chi connectivity index (χ1n) is 8.64. The SMILES string of the molecule is CC1(C)C[C@H]2C[C@@](C)(CN2C(=O)Cn2c(=O)oc3ccccc32)C1. The van der Waals surface area contributed by atoms with E-state index in [4.69, 9.17) is 4.42 Å². The molecule has 2 aliphatic rings. The Morgan fingerprint density at radius 3 is 2.79 bits per heavy atom. The standard InChI is InChI=1S/C19H24N2O3/c1-18(2)8-13-9-19(3,11-18)12-21(13)16(22)10-20-14-6-4-5-7-15(14)24-17(20)23/h4-7,13H,8-12H2,1-3H3/t13-,19+/m0/s1. The number of fused-ring (bicyclic) bond motifs is 3. The van der Waals surface area contributed by atoms with Crippen molar-refractivity contribution in [2.45, 2.75) is 52.6 Å². The van der Waals surface area contributed by atoms with Gasteiger partial charge in [0.2, 0.25) is 5.91 Å². The summed E-state index contributed by atoms with van der Waals surface area (Å²) in [5, 5.41) is 0. The van der Waals surface area contributed by atoms with Crippen molar-refractivity contribution in [1.82, 2.24) is 9.47 Å². The van der Waals surface area contributed by atoms with Crippen LogP contribution in [0.3, 0.4) is 0 Å². The van der Waals surface area contributed by atoms with Crippen LogP contribution in [-0.4, -0.2) is 28.0 Å². The van der Waals surface area contributed by atoms with Crippen molar-refractivity contribution in [3.63, 3.8) is 0 Å². The Kier molecular flexibility index (Phi) is 3.21. The van der Waals surface area contributed by atoms with E-state index in [1.165, 1.54) is 4.57 Å². The lowest BCUT2D eigenvalue weighted by molar-refractivity contribution is -0.133. The third-order valence-corrected chi connectivity index (χ3v) is 5.60. The molecule has 1 amide bonds. The highest BCUT2D eigenvalue weighted by molar-refractivity contribution is 5.80. The van der Waals surface area contributed by atoms with Gasteiger partial charge in [-0.15, -0.1) is 0 Å². The lowest BCUT2D eigenvalue weighted by atomic mass is 9.65. The monoisotopic (exact) mass is 328 g/mol. The number of rotatable bonds is 2. The number of nitrogens with zero attached hydrogens (tertiary/aromatic N) is 2. The molecule has 4 rings (SSSR count). The third kappa shape index (κ3) is 2.46. The molecule has 1 aromatic carbocycles. The molecule has 0 unspecified atom stereocenters. The van der Waals surface area contributed by atoms with Crippen LogP contribution in [0.2, 0.25) is 0 Å². The van der Waals surface area contributed by atoms with Gasteiger partial charge < -0.3 is 9.32 Å². The van der Waals surface area contributed by atoms with Crippen LogP contribution in [0.4, 0.5) is 0 Å². The number of carbonyl (C=O) groups is 1. The van der Waals surface area contributed by atoms with E-state index in [9.17, 15) is 9.59 Å². The van der Waals surface area contributed by atoms with E-state index >= 15 is 0 Å². The predicted octanol–water partition coefficient (Wildman–Crippen LogP) is 3.02. The number of aromatic nitrogens is 1. The minimum absolute atomic E-state index is 0.0232. The fourth-order valence-corrected chi connectivity index (χ4v) is 5.14. The van der Waals surface area contributed by atoms with Gasteiger partial charge >= 0.3 is 5.76 Å². The molecule has 5 nitrogen and oxygen atoms in total. The molecule has 1 aromatic heterocycles.